The molecule has 2 bridgehead atoms. The van der Waals surface area contributed by atoms with Crippen LogP contribution in [0, 0.1) is 0 Å². The molecule has 4 rings (SSSR count). The zero-order chi connectivity index (χ0) is 18.1. The molecule has 0 radical (unpaired) electrons. The Morgan fingerprint density at radius 3 is 2.78 bits per heavy atom. The maximum absolute atomic E-state index is 12.8. The highest BCUT2D eigenvalue weighted by atomic mass is 35.5. The van der Waals surface area contributed by atoms with E-state index in [2.05, 4.69) is 5.32 Å². The van der Waals surface area contributed by atoms with E-state index in [1.165, 1.54) is 20.0 Å². The van der Waals surface area contributed by atoms with Crippen LogP contribution in [0.2, 0.25) is 0 Å². The van der Waals surface area contributed by atoms with E-state index in [4.69, 9.17) is 9.47 Å². The summed E-state index contributed by atoms with van der Waals surface area (Å²) >= 11 is 0. The molecule has 1 unspecified atom stereocenters. The summed E-state index contributed by atoms with van der Waals surface area (Å²) in [7, 11) is 1.53. The number of carbonyl (C=O) groups excluding carboxylic acids is 1. The van der Waals surface area contributed by atoms with Gasteiger partial charge in [-0.15, -0.1) is 12.4 Å². The number of hydrogen-bond donors (Lipinski definition) is 2. The second kappa shape index (κ2) is 8.25. The third-order valence-electron chi connectivity index (χ3n) is 6.04. The average molecular weight is 397 g/mol. The van der Waals surface area contributed by atoms with E-state index in [1.54, 1.807) is 12.1 Å². The summed E-state index contributed by atoms with van der Waals surface area (Å²) in [5.41, 5.74) is 0.795. The fourth-order valence-corrected chi connectivity index (χ4v) is 4.81. The highest BCUT2D eigenvalue weighted by Crippen LogP contribution is 2.38. The Balaban J connectivity index is 0.00000210. The van der Waals surface area contributed by atoms with Crippen molar-refractivity contribution in [3.63, 3.8) is 0 Å². The Kier molecular flexibility index (Phi) is 6.18. The summed E-state index contributed by atoms with van der Waals surface area (Å²) in [6, 6.07) is 6.41. The van der Waals surface area contributed by atoms with Gasteiger partial charge in [-0.3, -0.25) is 4.79 Å². The van der Waals surface area contributed by atoms with Crippen molar-refractivity contribution in [2.24, 2.45) is 0 Å². The first-order valence-electron chi connectivity index (χ1n) is 9.61. The summed E-state index contributed by atoms with van der Waals surface area (Å²) in [5.74, 6) is 0.748. The smallest absolute Gasteiger partial charge is 0.223 e. The number of rotatable bonds is 4. The zero-order valence-electron chi connectivity index (χ0n) is 15.8. The van der Waals surface area contributed by atoms with E-state index < -0.39 is 0 Å². The molecule has 1 aromatic rings. The third-order valence-corrected chi connectivity index (χ3v) is 6.04. The number of benzene rings is 1. The van der Waals surface area contributed by atoms with Gasteiger partial charge in [-0.2, -0.15) is 0 Å². The van der Waals surface area contributed by atoms with Gasteiger partial charge in [-0.25, -0.2) is 0 Å². The van der Waals surface area contributed by atoms with Crippen LogP contribution in [0.5, 0.6) is 11.5 Å². The fourth-order valence-electron chi connectivity index (χ4n) is 4.81. The number of halogens is 1. The Bertz CT molecular complexity index is 672. The first kappa shape index (κ1) is 20.2. The number of nitrogens with one attached hydrogen (secondary N) is 1. The molecular formula is C20H29ClN2O4. The standard InChI is InChI=1S/C20H28N2O4.ClH/c1-25-18-6-2-14(10-17(18)23)3-7-19(24)22-8-9-26-20(13-22)11-15-4-5-16(12-20)21-15;/h2,6,10,15-16,21,23H,3-5,7-9,11-13H2,1H3;1H/t15-,16+,20?;. The first-order chi connectivity index (χ1) is 12.6. The van der Waals surface area contributed by atoms with Crippen molar-refractivity contribution >= 4 is 18.3 Å². The number of morpholine rings is 1. The number of amides is 1. The molecule has 6 nitrogen and oxygen atoms in total. The number of aromatic hydroxyl groups is 1. The Hall–Kier alpha value is -1.50. The Labute approximate surface area is 166 Å². The molecule has 3 saturated heterocycles. The van der Waals surface area contributed by atoms with Gasteiger partial charge in [0.25, 0.3) is 0 Å². The van der Waals surface area contributed by atoms with Crippen molar-refractivity contribution in [2.45, 2.75) is 56.2 Å². The number of aryl methyl sites for hydroxylation is 1. The summed E-state index contributed by atoms with van der Waals surface area (Å²) in [6.45, 7) is 2.03. The molecular weight excluding hydrogens is 368 g/mol. The van der Waals surface area contributed by atoms with Crippen LogP contribution >= 0.6 is 12.4 Å². The molecule has 0 saturated carbocycles. The summed E-state index contributed by atoms with van der Waals surface area (Å²) in [4.78, 5) is 14.7. The minimum atomic E-state index is -0.149. The van der Waals surface area contributed by atoms with Crippen LogP contribution in [0.3, 0.4) is 0 Å². The predicted molar refractivity (Wildman–Crippen MR) is 105 cm³/mol. The van der Waals surface area contributed by atoms with E-state index in [0.717, 1.165) is 18.4 Å². The summed E-state index contributed by atoms with van der Waals surface area (Å²) in [6.07, 6.45) is 5.55. The highest BCUT2D eigenvalue weighted by molar-refractivity contribution is 5.85. The summed E-state index contributed by atoms with van der Waals surface area (Å²) in [5, 5.41) is 13.5. The van der Waals surface area contributed by atoms with E-state index in [9.17, 15) is 9.90 Å². The summed E-state index contributed by atoms with van der Waals surface area (Å²) < 4.78 is 11.3. The number of carbonyl (C=O) groups is 1. The number of nitrogens with zero attached hydrogens (tertiary/aromatic N) is 1. The van der Waals surface area contributed by atoms with Gasteiger partial charge in [0.2, 0.25) is 5.91 Å². The van der Waals surface area contributed by atoms with Gasteiger partial charge in [0, 0.05) is 31.6 Å². The quantitative estimate of drug-likeness (QED) is 0.816. The van der Waals surface area contributed by atoms with Crippen LogP contribution in [-0.4, -0.2) is 60.4 Å². The minimum absolute atomic E-state index is 0. The lowest BCUT2D eigenvalue weighted by Crippen LogP contribution is -2.60. The number of methoxy groups -OCH3 is 1. The van der Waals surface area contributed by atoms with Crippen molar-refractivity contribution in [3.8, 4) is 11.5 Å². The minimum Gasteiger partial charge on any atom is -0.504 e. The van der Waals surface area contributed by atoms with Crippen molar-refractivity contribution in [1.29, 1.82) is 0 Å². The number of phenolic OH excluding ortho intramolecular Hbond substituents is 1. The fraction of sp³-hybridized carbons (Fsp3) is 0.650. The van der Waals surface area contributed by atoms with Crippen LogP contribution in [0.1, 0.15) is 37.7 Å². The van der Waals surface area contributed by atoms with E-state index >= 15 is 0 Å². The van der Waals surface area contributed by atoms with Crippen molar-refractivity contribution in [1.82, 2.24) is 10.2 Å². The Morgan fingerprint density at radius 2 is 2.11 bits per heavy atom. The van der Waals surface area contributed by atoms with Gasteiger partial charge >= 0.3 is 0 Å². The van der Waals surface area contributed by atoms with Gasteiger partial charge in [0.05, 0.1) is 19.3 Å². The number of fused-ring (bicyclic) bond motifs is 2. The van der Waals surface area contributed by atoms with Crippen LogP contribution in [0.4, 0.5) is 0 Å². The third kappa shape index (κ3) is 4.33. The second-order valence-electron chi connectivity index (χ2n) is 7.90. The molecule has 3 aliphatic rings. The molecule has 150 valence electrons. The number of ether oxygens (including phenoxy) is 2. The molecule has 0 aromatic heterocycles. The largest absolute Gasteiger partial charge is 0.504 e. The number of phenols is 1. The Morgan fingerprint density at radius 1 is 1.37 bits per heavy atom. The topological polar surface area (TPSA) is 71.0 Å². The molecule has 3 fully saturated rings. The van der Waals surface area contributed by atoms with Crippen LogP contribution in [0.25, 0.3) is 0 Å². The predicted octanol–water partition coefficient (Wildman–Crippen LogP) is 2.27. The van der Waals surface area contributed by atoms with Crippen LogP contribution in [-0.2, 0) is 16.0 Å². The first-order valence-corrected chi connectivity index (χ1v) is 9.61. The van der Waals surface area contributed by atoms with Crippen molar-refractivity contribution in [3.05, 3.63) is 23.8 Å². The molecule has 3 aliphatic heterocycles. The molecule has 7 heteroatoms. The molecule has 1 aromatic carbocycles. The number of hydrogen-bond acceptors (Lipinski definition) is 5. The lowest BCUT2D eigenvalue weighted by Gasteiger charge is -2.47. The van der Waals surface area contributed by atoms with Gasteiger partial charge in [0.1, 0.15) is 0 Å². The van der Waals surface area contributed by atoms with Crippen molar-refractivity contribution in [2.75, 3.05) is 26.8 Å². The van der Waals surface area contributed by atoms with Gasteiger partial charge < -0.3 is 24.8 Å². The van der Waals surface area contributed by atoms with E-state index in [1.807, 2.05) is 11.0 Å². The maximum atomic E-state index is 12.8. The monoisotopic (exact) mass is 396 g/mol. The molecule has 3 heterocycles. The molecule has 27 heavy (non-hydrogen) atoms. The highest BCUT2D eigenvalue weighted by Gasteiger charge is 2.47. The molecule has 0 aliphatic carbocycles. The number of piperidine rings is 1. The molecule has 1 amide bonds. The zero-order valence-corrected chi connectivity index (χ0v) is 16.6. The van der Waals surface area contributed by atoms with Gasteiger partial charge in [0.15, 0.2) is 11.5 Å². The molecule has 1 spiro atoms. The molecule has 2 N–H and O–H groups in total. The average Bonchev–Trinajstić information content (AvgIpc) is 2.99. The second-order valence-corrected chi connectivity index (χ2v) is 7.90. The van der Waals surface area contributed by atoms with Crippen molar-refractivity contribution < 1.29 is 19.4 Å². The van der Waals surface area contributed by atoms with Crippen LogP contribution < -0.4 is 10.1 Å². The van der Waals surface area contributed by atoms with Gasteiger partial charge in [-0.05, 0) is 49.8 Å². The lowest BCUT2D eigenvalue weighted by atomic mass is 9.85. The normalized spacial score (nSPS) is 29.4. The SMILES string of the molecule is COc1ccc(CCC(=O)N2CCOC3(C[C@H]4CC[C@@H](C3)N4)C2)cc1O.Cl. The van der Waals surface area contributed by atoms with Gasteiger partial charge in [-0.1, -0.05) is 6.07 Å². The van der Waals surface area contributed by atoms with E-state index in [0.29, 0.717) is 50.4 Å². The van der Waals surface area contributed by atoms with E-state index in [-0.39, 0.29) is 29.7 Å². The lowest BCUT2D eigenvalue weighted by molar-refractivity contribution is -0.158. The van der Waals surface area contributed by atoms with Crippen LogP contribution in [0.15, 0.2) is 18.2 Å². The maximum Gasteiger partial charge on any atom is 0.223 e. The molecule has 3 atom stereocenters.